The number of nitrogens with one attached hydrogen (secondary N) is 1. The summed E-state index contributed by atoms with van der Waals surface area (Å²) >= 11 is 12.5. The molecule has 1 aromatic heterocycles. The molecule has 154 valence electrons. The maximum Gasteiger partial charge on any atom is 0.250 e. The fourth-order valence-corrected chi connectivity index (χ4v) is 3.61. The van der Waals surface area contributed by atoms with Crippen molar-refractivity contribution in [2.45, 2.75) is 26.3 Å². The van der Waals surface area contributed by atoms with Gasteiger partial charge < -0.3 is 4.74 Å². The van der Waals surface area contributed by atoms with Gasteiger partial charge in [0.1, 0.15) is 5.75 Å². The van der Waals surface area contributed by atoms with Crippen LogP contribution in [-0.2, 0) is 11.3 Å². The van der Waals surface area contributed by atoms with Crippen molar-refractivity contribution in [1.29, 1.82) is 0 Å². The van der Waals surface area contributed by atoms with E-state index in [4.69, 9.17) is 37.8 Å². The molecule has 6 nitrogen and oxygen atoms in total. The standard InChI is InChI=1S/C22H20Cl2N4O2/c1-13-6-7-15(20(24)8-13)10-17-12-29-28-21(25-17)19-9-14(2)26-27-22(19)30-18-5-3-4-16(23)11-18/h3-9,11,17H,10,12H2,1-2H3,(H,25,28)/t17-/m1/s1. The van der Waals surface area contributed by atoms with Gasteiger partial charge in [-0.15, -0.1) is 5.10 Å². The summed E-state index contributed by atoms with van der Waals surface area (Å²) in [5.74, 6) is 1.40. The van der Waals surface area contributed by atoms with Crippen LogP contribution in [-0.4, -0.2) is 28.7 Å². The number of hydrogen-bond acceptors (Lipinski definition) is 6. The predicted molar refractivity (Wildman–Crippen MR) is 118 cm³/mol. The summed E-state index contributed by atoms with van der Waals surface area (Å²) in [6.07, 6.45) is 0.659. The van der Waals surface area contributed by atoms with Crippen molar-refractivity contribution >= 4 is 29.0 Å². The fourth-order valence-electron chi connectivity index (χ4n) is 3.12. The van der Waals surface area contributed by atoms with Crippen LogP contribution in [0, 0.1) is 13.8 Å². The van der Waals surface area contributed by atoms with Crippen molar-refractivity contribution in [1.82, 2.24) is 15.7 Å². The monoisotopic (exact) mass is 442 g/mol. The molecule has 0 radical (unpaired) electrons. The van der Waals surface area contributed by atoms with Crippen molar-refractivity contribution in [3.8, 4) is 11.6 Å². The molecule has 0 bridgehead atoms. The molecule has 1 N–H and O–H groups in total. The van der Waals surface area contributed by atoms with Gasteiger partial charge in [-0.3, -0.25) is 9.83 Å². The Morgan fingerprint density at radius 3 is 2.77 bits per heavy atom. The predicted octanol–water partition coefficient (Wildman–Crippen LogP) is 5.09. The highest BCUT2D eigenvalue weighted by Crippen LogP contribution is 2.27. The summed E-state index contributed by atoms with van der Waals surface area (Å²) in [6.45, 7) is 4.29. The number of aryl methyl sites for hydroxylation is 2. The Balaban J connectivity index is 1.62. The van der Waals surface area contributed by atoms with Crippen LogP contribution >= 0.6 is 23.2 Å². The van der Waals surface area contributed by atoms with Gasteiger partial charge in [-0.25, -0.2) is 5.48 Å². The molecule has 1 aliphatic heterocycles. The zero-order valence-corrected chi connectivity index (χ0v) is 18.0. The lowest BCUT2D eigenvalue weighted by molar-refractivity contribution is 0.0623. The minimum absolute atomic E-state index is 0.103. The van der Waals surface area contributed by atoms with Crippen molar-refractivity contribution < 1.29 is 9.57 Å². The Labute approximate surface area is 184 Å². The Morgan fingerprint density at radius 1 is 1.10 bits per heavy atom. The number of aromatic nitrogens is 2. The van der Waals surface area contributed by atoms with Gasteiger partial charge in [0.05, 0.1) is 23.9 Å². The average molecular weight is 443 g/mol. The Bertz CT molecular complexity index is 1100. The van der Waals surface area contributed by atoms with Crippen LogP contribution in [0.2, 0.25) is 10.0 Å². The molecule has 2 aromatic carbocycles. The van der Waals surface area contributed by atoms with E-state index in [9.17, 15) is 0 Å². The Morgan fingerprint density at radius 2 is 1.97 bits per heavy atom. The second-order valence-electron chi connectivity index (χ2n) is 7.11. The average Bonchev–Trinajstić information content (AvgIpc) is 2.72. The van der Waals surface area contributed by atoms with E-state index in [2.05, 4.69) is 15.7 Å². The van der Waals surface area contributed by atoms with Crippen LogP contribution in [0.1, 0.15) is 22.4 Å². The zero-order chi connectivity index (χ0) is 21.1. The molecule has 1 atom stereocenters. The van der Waals surface area contributed by atoms with E-state index < -0.39 is 0 Å². The van der Waals surface area contributed by atoms with E-state index in [0.29, 0.717) is 41.1 Å². The van der Waals surface area contributed by atoms with Gasteiger partial charge in [-0.1, -0.05) is 41.4 Å². The second-order valence-corrected chi connectivity index (χ2v) is 7.95. The summed E-state index contributed by atoms with van der Waals surface area (Å²) in [7, 11) is 0. The molecule has 0 saturated carbocycles. The molecule has 0 spiro atoms. The van der Waals surface area contributed by atoms with Crippen molar-refractivity contribution in [2.24, 2.45) is 4.99 Å². The van der Waals surface area contributed by atoms with E-state index in [1.807, 2.05) is 38.1 Å². The normalized spacial score (nSPS) is 16.0. The van der Waals surface area contributed by atoms with Crippen LogP contribution in [0.4, 0.5) is 0 Å². The van der Waals surface area contributed by atoms with Crippen LogP contribution in [0.5, 0.6) is 11.6 Å². The molecule has 0 unspecified atom stereocenters. The molecule has 0 aliphatic carbocycles. The van der Waals surface area contributed by atoms with Gasteiger partial charge >= 0.3 is 0 Å². The molecule has 0 saturated heterocycles. The first-order valence-corrected chi connectivity index (χ1v) is 10.2. The van der Waals surface area contributed by atoms with E-state index in [-0.39, 0.29) is 6.04 Å². The number of nitrogens with zero attached hydrogens (tertiary/aromatic N) is 3. The largest absolute Gasteiger partial charge is 0.437 e. The van der Waals surface area contributed by atoms with E-state index in [1.165, 1.54) is 0 Å². The lowest BCUT2D eigenvalue weighted by atomic mass is 10.0. The third-order valence-corrected chi connectivity index (χ3v) is 5.16. The van der Waals surface area contributed by atoms with E-state index in [0.717, 1.165) is 21.8 Å². The van der Waals surface area contributed by atoms with E-state index in [1.54, 1.807) is 24.3 Å². The summed E-state index contributed by atoms with van der Waals surface area (Å²) in [5, 5.41) is 9.61. The van der Waals surface area contributed by atoms with Crippen LogP contribution < -0.4 is 10.2 Å². The van der Waals surface area contributed by atoms with Crippen molar-refractivity contribution in [3.05, 3.63) is 81.0 Å². The third-order valence-electron chi connectivity index (χ3n) is 4.57. The molecule has 1 aliphatic rings. The minimum atomic E-state index is -0.103. The highest BCUT2D eigenvalue weighted by molar-refractivity contribution is 6.31. The van der Waals surface area contributed by atoms with Gasteiger partial charge in [0, 0.05) is 10.0 Å². The molecular weight excluding hydrogens is 423 g/mol. The van der Waals surface area contributed by atoms with Crippen LogP contribution in [0.15, 0.2) is 53.5 Å². The van der Waals surface area contributed by atoms with Crippen LogP contribution in [0.25, 0.3) is 0 Å². The topological polar surface area (TPSA) is 68.6 Å². The second kappa shape index (κ2) is 9.00. The molecule has 8 heteroatoms. The molecule has 0 amide bonds. The SMILES string of the molecule is Cc1ccc(C[C@@H]2CONC(c3cc(C)nnc3Oc3cccc(Cl)c3)=N2)c(Cl)c1. The minimum Gasteiger partial charge on any atom is -0.437 e. The van der Waals surface area contributed by atoms with Crippen LogP contribution in [0.3, 0.4) is 0 Å². The first-order chi connectivity index (χ1) is 14.5. The molecule has 3 aromatic rings. The number of halogens is 2. The van der Waals surface area contributed by atoms with Gasteiger partial charge in [-0.05, 0) is 61.7 Å². The zero-order valence-electron chi connectivity index (χ0n) is 16.5. The molecule has 0 fully saturated rings. The van der Waals surface area contributed by atoms with E-state index >= 15 is 0 Å². The number of amidine groups is 1. The molecule has 4 rings (SSSR count). The quantitative estimate of drug-likeness (QED) is 0.595. The first-order valence-electron chi connectivity index (χ1n) is 9.46. The van der Waals surface area contributed by atoms with Gasteiger partial charge in [-0.2, -0.15) is 5.10 Å². The lowest BCUT2D eigenvalue weighted by Gasteiger charge is -2.23. The Hall–Kier alpha value is -2.67. The summed E-state index contributed by atoms with van der Waals surface area (Å²) in [6, 6.07) is 14.9. The number of ether oxygens (including phenoxy) is 1. The lowest BCUT2D eigenvalue weighted by Crippen LogP contribution is -2.37. The van der Waals surface area contributed by atoms with Gasteiger partial charge in [0.25, 0.3) is 0 Å². The number of hydroxylamine groups is 1. The first kappa shape index (κ1) is 20.6. The fraction of sp³-hybridized carbons (Fsp3) is 0.227. The van der Waals surface area contributed by atoms with Crippen molar-refractivity contribution in [2.75, 3.05) is 6.61 Å². The number of benzene rings is 2. The maximum absolute atomic E-state index is 6.40. The summed E-state index contributed by atoms with van der Waals surface area (Å²) in [4.78, 5) is 10.4. The van der Waals surface area contributed by atoms with Gasteiger partial charge in [0.15, 0.2) is 5.84 Å². The highest BCUT2D eigenvalue weighted by atomic mass is 35.5. The number of hydrogen-bond donors (Lipinski definition) is 1. The third kappa shape index (κ3) is 4.90. The number of rotatable bonds is 5. The molecular formula is C22H20Cl2N4O2. The highest BCUT2D eigenvalue weighted by Gasteiger charge is 2.22. The molecule has 30 heavy (non-hydrogen) atoms. The summed E-state index contributed by atoms with van der Waals surface area (Å²) in [5.41, 5.74) is 6.42. The smallest absolute Gasteiger partial charge is 0.250 e. The Kier molecular flexibility index (Phi) is 6.18. The maximum atomic E-state index is 6.40. The van der Waals surface area contributed by atoms with Gasteiger partial charge in [0.2, 0.25) is 5.88 Å². The summed E-state index contributed by atoms with van der Waals surface area (Å²) < 4.78 is 5.93. The number of aliphatic imine (C=N–C) groups is 1. The van der Waals surface area contributed by atoms with Crippen molar-refractivity contribution in [3.63, 3.8) is 0 Å². The molecule has 2 heterocycles.